The predicted molar refractivity (Wildman–Crippen MR) is 51.5 cm³/mol. The number of guanidine groups is 1. The van der Waals surface area contributed by atoms with E-state index in [0.717, 1.165) is 0 Å². The maximum absolute atomic E-state index is 8.19. The van der Waals surface area contributed by atoms with E-state index in [-0.39, 0.29) is 17.4 Å². The summed E-state index contributed by atoms with van der Waals surface area (Å²) in [5.41, 5.74) is 6.96. The molecule has 0 aromatic heterocycles. The van der Waals surface area contributed by atoms with Gasteiger partial charge in [-0.3, -0.25) is 11.6 Å². The molecule has 0 radical (unpaired) electrons. The van der Waals surface area contributed by atoms with Gasteiger partial charge in [0.05, 0.1) is 0 Å². The van der Waals surface area contributed by atoms with Gasteiger partial charge in [-0.2, -0.15) is 16.2 Å². The van der Waals surface area contributed by atoms with Crippen LogP contribution in [-0.4, -0.2) is 17.5 Å². The van der Waals surface area contributed by atoms with Crippen LogP contribution in [0.5, 0.6) is 0 Å². The van der Waals surface area contributed by atoms with Crippen LogP contribution < -0.4 is 27.9 Å². The zero-order valence-electron chi connectivity index (χ0n) is 7.47. The van der Waals surface area contributed by atoms with Crippen molar-refractivity contribution in [1.29, 1.82) is 5.26 Å². The highest BCUT2D eigenvalue weighted by Crippen LogP contribution is 2.04. The largest absolute Gasteiger partial charge is 0.761 e. The van der Waals surface area contributed by atoms with Gasteiger partial charge in [-0.1, -0.05) is 0 Å². The Kier molecular flexibility index (Phi) is 5.49. The fourth-order valence-electron chi connectivity index (χ4n) is 0.399. The first-order chi connectivity index (χ1) is 7.19. The van der Waals surface area contributed by atoms with Crippen LogP contribution >= 0.6 is 0 Å². The maximum Gasteiger partial charge on any atom is 0.379 e. The normalized spacial score (nSPS) is 13.2. The fraction of sp³-hybridized carbons (Fsp3) is 0. The molecule has 0 unspecified atom stereocenters. The molecule has 0 bridgehead atoms. The monoisotopic (exact) mass is 208 g/mol. The molecular formula is C5H8N10. The van der Waals surface area contributed by atoms with Crippen LogP contribution in [0.25, 0.3) is 5.41 Å². The summed E-state index contributed by atoms with van der Waals surface area (Å²) in [6, 6.07) is 1.67. The van der Waals surface area contributed by atoms with E-state index in [1.165, 1.54) is 0 Å². The molecule has 0 saturated heterocycles. The molecule has 0 aliphatic carbocycles. The van der Waals surface area contributed by atoms with Gasteiger partial charge >= 0.3 is 5.96 Å². The lowest BCUT2D eigenvalue weighted by molar-refractivity contribution is -0.472. The molecule has 0 spiro atoms. The molecule has 10 heteroatoms. The minimum atomic E-state index is -0.0162. The zero-order chi connectivity index (χ0) is 11.7. The lowest BCUT2D eigenvalue weighted by atomic mass is 10.3. The van der Waals surface area contributed by atoms with E-state index < -0.39 is 0 Å². The van der Waals surface area contributed by atoms with Crippen LogP contribution in [-0.2, 0) is 0 Å². The Bertz CT molecular complexity index is 389. The van der Waals surface area contributed by atoms with Crippen molar-refractivity contribution in [3.05, 3.63) is 11.1 Å². The van der Waals surface area contributed by atoms with Gasteiger partial charge in [0, 0.05) is 0 Å². The number of nitriles is 1. The fourth-order valence-corrected chi connectivity index (χ4v) is 0.399. The number of nitrogens with zero attached hydrogens (tertiary/aromatic N) is 5. The molecule has 0 aromatic rings. The summed E-state index contributed by atoms with van der Waals surface area (Å²) >= 11 is 0. The van der Waals surface area contributed by atoms with Gasteiger partial charge in [0.25, 0.3) is 0 Å². The van der Waals surface area contributed by atoms with Crippen LogP contribution in [0, 0.1) is 11.3 Å². The second-order valence-corrected chi connectivity index (χ2v) is 1.91. The number of nitrogens with one attached hydrogen (secondary N) is 2. The lowest BCUT2D eigenvalue weighted by Gasteiger charge is -1.81. The summed E-state index contributed by atoms with van der Waals surface area (Å²) in [4.78, 5) is 0. The Labute approximate surface area is 84.3 Å². The van der Waals surface area contributed by atoms with E-state index in [1.54, 1.807) is 11.9 Å². The lowest BCUT2D eigenvalue weighted by Crippen LogP contribution is -2.85. The molecule has 1 aliphatic heterocycles. The molecule has 0 aromatic carbocycles. The van der Waals surface area contributed by atoms with E-state index in [4.69, 9.17) is 28.1 Å². The van der Waals surface area contributed by atoms with Gasteiger partial charge in [0.1, 0.15) is 11.8 Å². The van der Waals surface area contributed by atoms with E-state index >= 15 is 0 Å². The third-order valence-electron chi connectivity index (χ3n) is 1.04. The molecule has 10 nitrogen and oxygen atoms in total. The SMILES string of the molecule is N#CC1=NN=NC1=C=[N-].NN/C(N)=[NH+]/N. The standard InChI is InChI=1S/C4N5.CH7N5/c5-1-3-4(2-6)8-9-7-3;2-1(5-3)6-4/h;3-4H2,(H3,2,5,6)/q-1;/p+1. The number of hydrazone groups is 1. The molecule has 0 fully saturated rings. The second kappa shape index (κ2) is 6.72. The van der Waals surface area contributed by atoms with Crippen LogP contribution in [0.4, 0.5) is 0 Å². The topological polar surface area (TPSA) is 187 Å². The third kappa shape index (κ3) is 4.13. The summed E-state index contributed by atoms with van der Waals surface area (Å²) in [5.74, 6) is 11.3. The van der Waals surface area contributed by atoms with Crippen LogP contribution in [0.3, 0.4) is 0 Å². The maximum atomic E-state index is 8.19. The Hall–Kier alpha value is -2.76. The predicted octanol–water partition coefficient (Wildman–Crippen LogP) is -3.83. The highest BCUT2D eigenvalue weighted by atomic mass is 15.4. The highest BCUT2D eigenvalue weighted by molar-refractivity contribution is 6.16. The van der Waals surface area contributed by atoms with E-state index in [0.29, 0.717) is 0 Å². The molecule has 8 N–H and O–H groups in total. The average Bonchev–Trinajstić information content (AvgIpc) is 2.75. The van der Waals surface area contributed by atoms with Crippen LogP contribution in [0.2, 0.25) is 0 Å². The molecule has 78 valence electrons. The number of allylic oxidation sites excluding steroid dienone is 1. The Balaban J connectivity index is 0.000000288. The van der Waals surface area contributed by atoms with Gasteiger partial charge in [-0.05, 0) is 5.22 Å². The quantitative estimate of drug-likeness (QED) is 0.118. The summed E-state index contributed by atoms with van der Waals surface area (Å²) in [6.45, 7) is 0. The van der Waals surface area contributed by atoms with Gasteiger partial charge in [-0.15, -0.1) is 10.2 Å². The van der Waals surface area contributed by atoms with E-state index in [1.807, 2.05) is 0 Å². The summed E-state index contributed by atoms with van der Waals surface area (Å²) in [6.07, 6.45) is 0. The van der Waals surface area contributed by atoms with Crippen molar-refractivity contribution in [1.82, 2.24) is 5.43 Å². The first-order valence-electron chi connectivity index (χ1n) is 3.41. The smallest absolute Gasteiger partial charge is 0.379 e. The molecule has 0 saturated carbocycles. The van der Waals surface area contributed by atoms with Gasteiger partial charge in [0.15, 0.2) is 5.71 Å². The van der Waals surface area contributed by atoms with Gasteiger partial charge in [0.2, 0.25) is 0 Å². The molecular weight excluding hydrogens is 200 g/mol. The molecule has 1 rings (SSSR count). The summed E-state index contributed by atoms with van der Waals surface area (Å²) in [7, 11) is 0. The average molecular weight is 208 g/mol. The van der Waals surface area contributed by atoms with E-state index in [9.17, 15) is 0 Å². The van der Waals surface area contributed by atoms with Crippen molar-refractivity contribution in [3.63, 3.8) is 0 Å². The third-order valence-corrected chi connectivity index (χ3v) is 1.04. The first-order valence-corrected chi connectivity index (χ1v) is 3.41. The number of hydrazine groups is 2. The number of nitrogens with two attached hydrogens (primary N) is 3. The molecule has 1 heterocycles. The number of hydrogen-bond donors (Lipinski definition) is 5. The second-order valence-electron chi connectivity index (χ2n) is 1.91. The Morgan fingerprint density at radius 1 is 1.60 bits per heavy atom. The molecule has 15 heavy (non-hydrogen) atoms. The van der Waals surface area contributed by atoms with Crippen molar-refractivity contribution in [2.24, 2.45) is 32.9 Å². The highest BCUT2D eigenvalue weighted by Gasteiger charge is 2.07. The van der Waals surface area contributed by atoms with Crippen molar-refractivity contribution in [2.45, 2.75) is 0 Å². The number of hydrogen-bond acceptors (Lipinski definition) is 6. The Morgan fingerprint density at radius 2 is 2.27 bits per heavy atom. The van der Waals surface area contributed by atoms with Crippen LogP contribution in [0.15, 0.2) is 21.1 Å². The van der Waals surface area contributed by atoms with E-state index in [2.05, 4.69) is 26.0 Å². The van der Waals surface area contributed by atoms with Gasteiger partial charge in [-0.25, -0.2) is 11.3 Å². The molecule has 0 amide bonds. The van der Waals surface area contributed by atoms with Crippen molar-refractivity contribution < 1.29 is 5.10 Å². The minimum absolute atomic E-state index is 0.0162. The first kappa shape index (κ1) is 12.2. The van der Waals surface area contributed by atoms with Crippen molar-refractivity contribution in [2.75, 3.05) is 0 Å². The van der Waals surface area contributed by atoms with Crippen molar-refractivity contribution >= 4 is 17.5 Å². The molecule has 1 aliphatic rings. The Morgan fingerprint density at radius 3 is 2.53 bits per heavy atom. The summed E-state index contributed by atoms with van der Waals surface area (Å²) < 4.78 is 0. The van der Waals surface area contributed by atoms with Crippen LogP contribution in [0.1, 0.15) is 0 Å². The minimum Gasteiger partial charge on any atom is -0.761 e. The molecule has 0 atom stereocenters. The number of rotatable bonds is 0. The van der Waals surface area contributed by atoms with Crippen molar-refractivity contribution in [3.8, 4) is 6.07 Å². The zero-order valence-corrected chi connectivity index (χ0v) is 7.47. The van der Waals surface area contributed by atoms with Gasteiger partial charge < -0.3 is 5.41 Å². The summed E-state index contributed by atoms with van der Waals surface area (Å²) in [5, 5.41) is 28.1.